The zero-order valence-electron chi connectivity index (χ0n) is 29.2. The summed E-state index contributed by atoms with van der Waals surface area (Å²) >= 11 is 0. The van der Waals surface area contributed by atoms with Crippen LogP contribution in [0.4, 0.5) is 15.8 Å². The Balaban J connectivity index is 1.06. The van der Waals surface area contributed by atoms with Gasteiger partial charge in [-0.2, -0.15) is 0 Å². The SMILES string of the molecule is CCC(CC)(C(=O)NCCOCCOCCOCCOCCNc1ccc([N+](=O)[O-])c2nonc12)c1ccc(Cc2ccc(F)cc2)nc1C(N)=O. The Labute approximate surface area is 299 Å². The fourth-order valence-electron chi connectivity index (χ4n) is 5.63. The number of carbonyl (C=O) groups is 2. The minimum atomic E-state index is -1.02. The van der Waals surface area contributed by atoms with E-state index in [1.54, 1.807) is 30.3 Å². The Kier molecular flexibility index (Phi) is 15.3. The second kappa shape index (κ2) is 20.1. The first-order valence-electron chi connectivity index (χ1n) is 17.0. The van der Waals surface area contributed by atoms with Crippen LogP contribution in [0.25, 0.3) is 11.0 Å². The van der Waals surface area contributed by atoms with Crippen molar-refractivity contribution < 1.29 is 42.5 Å². The average molecular weight is 726 g/mol. The molecule has 0 unspecified atom stereocenters. The number of ether oxygens (including phenoxy) is 4. The van der Waals surface area contributed by atoms with Crippen molar-refractivity contribution in [2.24, 2.45) is 5.73 Å². The molecule has 0 aliphatic rings. The van der Waals surface area contributed by atoms with Crippen molar-refractivity contribution in [3.8, 4) is 0 Å². The molecule has 0 bridgehead atoms. The summed E-state index contributed by atoms with van der Waals surface area (Å²) in [6.45, 7) is 7.28. The Morgan fingerprint density at radius 2 is 1.44 bits per heavy atom. The van der Waals surface area contributed by atoms with E-state index in [1.807, 2.05) is 13.8 Å². The second-order valence-electron chi connectivity index (χ2n) is 11.6. The van der Waals surface area contributed by atoms with E-state index < -0.39 is 16.2 Å². The molecule has 0 aliphatic carbocycles. The molecule has 0 radical (unpaired) electrons. The fourth-order valence-corrected chi connectivity index (χ4v) is 5.63. The van der Waals surface area contributed by atoms with Crippen molar-refractivity contribution in [2.45, 2.75) is 38.5 Å². The van der Waals surface area contributed by atoms with E-state index in [-0.39, 0.29) is 47.3 Å². The lowest BCUT2D eigenvalue weighted by molar-refractivity contribution is -0.383. The van der Waals surface area contributed by atoms with Crippen molar-refractivity contribution in [2.75, 3.05) is 71.3 Å². The van der Waals surface area contributed by atoms with Gasteiger partial charge in [-0.3, -0.25) is 19.7 Å². The first-order chi connectivity index (χ1) is 25.2. The highest BCUT2D eigenvalue weighted by Crippen LogP contribution is 2.34. The molecule has 280 valence electrons. The first kappa shape index (κ1) is 39.7. The predicted octanol–water partition coefficient (Wildman–Crippen LogP) is 3.71. The van der Waals surface area contributed by atoms with E-state index in [1.165, 1.54) is 18.2 Å². The number of aromatic nitrogens is 3. The Bertz CT molecular complexity index is 1770. The van der Waals surface area contributed by atoms with Gasteiger partial charge in [0.15, 0.2) is 5.52 Å². The molecular formula is C35H44FN7O9. The molecule has 4 N–H and O–H groups in total. The highest BCUT2D eigenvalue weighted by atomic mass is 19.1. The van der Waals surface area contributed by atoms with Crippen LogP contribution in [0.3, 0.4) is 0 Å². The van der Waals surface area contributed by atoms with Gasteiger partial charge in [0.2, 0.25) is 11.4 Å². The molecule has 0 spiro atoms. The lowest BCUT2D eigenvalue weighted by Crippen LogP contribution is -2.46. The van der Waals surface area contributed by atoms with E-state index >= 15 is 0 Å². The topological polar surface area (TPSA) is 216 Å². The Hall–Kier alpha value is -5.10. The van der Waals surface area contributed by atoms with Crippen LogP contribution >= 0.6 is 0 Å². The van der Waals surface area contributed by atoms with E-state index in [2.05, 4.69) is 30.6 Å². The number of amides is 2. The number of fused-ring (bicyclic) bond motifs is 1. The summed E-state index contributed by atoms with van der Waals surface area (Å²) in [6, 6.07) is 12.4. The molecule has 4 rings (SSSR count). The number of carbonyl (C=O) groups excluding carboxylic acids is 2. The van der Waals surface area contributed by atoms with Crippen LogP contribution in [0, 0.1) is 15.9 Å². The number of nitro benzene ring substituents is 1. The molecule has 2 aromatic heterocycles. The summed E-state index contributed by atoms with van der Waals surface area (Å²) in [6.07, 6.45) is 1.22. The number of hydrogen-bond donors (Lipinski definition) is 3. The van der Waals surface area contributed by atoms with Crippen LogP contribution in [0.5, 0.6) is 0 Å². The molecule has 0 fully saturated rings. The second-order valence-corrected chi connectivity index (χ2v) is 11.6. The summed E-state index contributed by atoms with van der Waals surface area (Å²) in [5.74, 6) is -1.31. The monoisotopic (exact) mass is 725 g/mol. The molecule has 2 heterocycles. The lowest BCUT2D eigenvalue weighted by Gasteiger charge is -2.32. The van der Waals surface area contributed by atoms with E-state index in [0.717, 1.165) is 5.56 Å². The van der Waals surface area contributed by atoms with Gasteiger partial charge in [0.05, 0.1) is 68.9 Å². The zero-order chi connectivity index (χ0) is 37.3. The summed E-state index contributed by atoms with van der Waals surface area (Å²) in [5.41, 5.74) is 7.36. The number of nitro groups is 1. The number of hydrogen-bond acceptors (Lipinski definition) is 13. The molecule has 2 amide bonds. The van der Waals surface area contributed by atoms with Crippen molar-refractivity contribution in [3.63, 3.8) is 0 Å². The number of nitrogens with zero attached hydrogens (tertiary/aromatic N) is 4. The van der Waals surface area contributed by atoms with Gasteiger partial charge in [-0.15, -0.1) is 0 Å². The van der Waals surface area contributed by atoms with E-state index in [9.17, 15) is 24.1 Å². The molecule has 16 nitrogen and oxygen atoms in total. The molecule has 17 heteroatoms. The minimum absolute atomic E-state index is 0.0465. The zero-order valence-corrected chi connectivity index (χ0v) is 29.2. The number of pyridine rings is 1. The third-order valence-corrected chi connectivity index (χ3v) is 8.44. The molecule has 4 aromatic rings. The van der Waals surface area contributed by atoms with Gasteiger partial charge in [0.25, 0.3) is 5.91 Å². The highest BCUT2D eigenvalue weighted by Gasteiger charge is 2.40. The third kappa shape index (κ3) is 10.7. The van der Waals surface area contributed by atoms with Crippen LogP contribution in [0.2, 0.25) is 0 Å². The molecule has 0 atom stereocenters. The summed E-state index contributed by atoms with van der Waals surface area (Å²) in [5, 5.41) is 24.4. The lowest BCUT2D eigenvalue weighted by atomic mass is 9.74. The van der Waals surface area contributed by atoms with Crippen molar-refractivity contribution >= 4 is 34.2 Å². The minimum Gasteiger partial charge on any atom is -0.381 e. The van der Waals surface area contributed by atoms with Crippen LogP contribution < -0.4 is 16.4 Å². The number of nitrogens with two attached hydrogens (primary N) is 1. The van der Waals surface area contributed by atoms with Crippen LogP contribution in [-0.2, 0) is 35.6 Å². The van der Waals surface area contributed by atoms with Gasteiger partial charge in [-0.1, -0.05) is 32.0 Å². The number of rotatable bonds is 24. The smallest absolute Gasteiger partial charge is 0.300 e. The normalized spacial score (nSPS) is 11.5. The number of benzene rings is 2. The largest absolute Gasteiger partial charge is 0.381 e. The van der Waals surface area contributed by atoms with Gasteiger partial charge >= 0.3 is 5.69 Å². The fraction of sp³-hybridized carbons (Fsp3) is 0.457. The number of nitrogens with one attached hydrogen (secondary N) is 2. The number of non-ortho nitro benzene ring substituents is 1. The van der Waals surface area contributed by atoms with E-state index in [4.69, 9.17) is 24.7 Å². The van der Waals surface area contributed by atoms with Crippen molar-refractivity contribution in [3.05, 3.63) is 87.0 Å². The first-order valence-corrected chi connectivity index (χ1v) is 17.0. The maximum atomic E-state index is 13.5. The molecule has 0 saturated heterocycles. The van der Waals surface area contributed by atoms with Crippen molar-refractivity contribution in [1.29, 1.82) is 0 Å². The summed E-state index contributed by atoms with van der Waals surface area (Å²) < 4.78 is 40.1. The Morgan fingerprint density at radius 1 is 0.846 bits per heavy atom. The van der Waals surface area contributed by atoms with E-state index in [0.29, 0.717) is 89.0 Å². The van der Waals surface area contributed by atoms with Gasteiger partial charge in [0.1, 0.15) is 11.5 Å². The highest BCUT2D eigenvalue weighted by molar-refractivity contribution is 5.97. The molecule has 0 saturated carbocycles. The van der Waals surface area contributed by atoms with Crippen LogP contribution in [-0.4, -0.2) is 98.0 Å². The maximum absolute atomic E-state index is 13.5. The third-order valence-electron chi connectivity index (χ3n) is 8.44. The molecule has 0 aliphatic heterocycles. The molecule has 52 heavy (non-hydrogen) atoms. The molecule has 2 aromatic carbocycles. The average Bonchev–Trinajstić information content (AvgIpc) is 3.64. The maximum Gasteiger partial charge on any atom is 0.300 e. The van der Waals surface area contributed by atoms with Crippen LogP contribution in [0.15, 0.2) is 53.2 Å². The van der Waals surface area contributed by atoms with Crippen LogP contribution in [0.1, 0.15) is 54.0 Å². The van der Waals surface area contributed by atoms with Gasteiger partial charge in [0, 0.05) is 31.3 Å². The summed E-state index contributed by atoms with van der Waals surface area (Å²) in [7, 11) is 0. The van der Waals surface area contributed by atoms with Gasteiger partial charge < -0.3 is 35.3 Å². The number of primary amides is 1. The Morgan fingerprint density at radius 3 is 2.04 bits per heavy atom. The quantitative estimate of drug-likeness (QED) is 0.0534. The van der Waals surface area contributed by atoms with Crippen molar-refractivity contribution in [1.82, 2.24) is 20.6 Å². The summed E-state index contributed by atoms with van der Waals surface area (Å²) in [4.78, 5) is 41.0. The number of halogens is 1. The predicted molar refractivity (Wildman–Crippen MR) is 187 cm³/mol. The molecular weight excluding hydrogens is 681 g/mol. The van der Waals surface area contributed by atoms with Gasteiger partial charge in [-0.25, -0.2) is 14.0 Å². The van der Waals surface area contributed by atoms with Gasteiger partial charge in [-0.05, 0) is 58.5 Å². The number of anilines is 1. The standard InChI is InChI=1S/C35H44FN7O9/c1-3-35(4-2,27-10-9-26(40-30(27)33(37)44)23-24-5-7-25(36)8-6-24)34(45)39-14-16-49-18-20-51-22-21-50-19-17-48-15-13-38-28-11-12-29(43(46)47)32-31(28)41-52-42-32/h5-12,38H,3-4,13-23H2,1-2H3,(H2,37,44)(H,39,45).